The van der Waals surface area contributed by atoms with Crippen molar-refractivity contribution in [2.24, 2.45) is 5.92 Å². The van der Waals surface area contributed by atoms with Crippen molar-refractivity contribution in [1.82, 2.24) is 9.80 Å². The Balaban J connectivity index is 1.58. The second kappa shape index (κ2) is 9.96. The Labute approximate surface area is 176 Å². The fraction of sp³-hybridized carbons (Fsp3) is 0.500. The van der Waals surface area contributed by atoms with Crippen molar-refractivity contribution >= 4 is 29.5 Å². The van der Waals surface area contributed by atoms with Crippen LogP contribution in [0, 0.1) is 5.92 Å². The fourth-order valence-corrected chi connectivity index (χ4v) is 4.87. The highest BCUT2D eigenvalue weighted by molar-refractivity contribution is 8.04. The Morgan fingerprint density at radius 3 is 2.59 bits per heavy atom. The molecule has 1 aromatic carbocycles. The standard InChI is InChI=1S/C22H28N2O4S/c1-3-28-21(26)14-20-24(19(25)15-29-20)16(2)22(27)23-11-9-18(10-12-23)13-17-7-5-4-6-8-17/h4-8,14,16,18H,3,9-13,15H2,1-2H3/b20-14-. The third-order valence-electron chi connectivity index (χ3n) is 5.42. The number of likely N-dealkylation sites (tertiary alicyclic amines) is 1. The first-order valence-corrected chi connectivity index (χ1v) is 11.1. The maximum atomic E-state index is 13.0. The van der Waals surface area contributed by atoms with Crippen molar-refractivity contribution in [3.05, 3.63) is 47.0 Å². The highest BCUT2D eigenvalue weighted by Crippen LogP contribution is 2.32. The van der Waals surface area contributed by atoms with Gasteiger partial charge in [0.15, 0.2) is 0 Å². The minimum Gasteiger partial charge on any atom is -0.463 e. The second-order valence-corrected chi connectivity index (χ2v) is 8.42. The van der Waals surface area contributed by atoms with Crippen LogP contribution >= 0.6 is 11.8 Å². The molecule has 1 aromatic rings. The van der Waals surface area contributed by atoms with Crippen molar-refractivity contribution in [1.29, 1.82) is 0 Å². The lowest BCUT2D eigenvalue weighted by Gasteiger charge is -2.35. The quantitative estimate of drug-likeness (QED) is 0.527. The van der Waals surface area contributed by atoms with Gasteiger partial charge in [0.25, 0.3) is 0 Å². The highest BCUT2D eigenvalue weighted by atomic mass is 32.2. The predicted molar refractivity (Wildman–Crippen MR) is 113 cm³/mol. The zero-order valence-corrected chi connectivity index (χ0v) is 17.8. The third kappa shape index (κ3) is 5.41. The van der Waals surface area contributed by atoms with Crippen molar-refractivity contribution < 1.29 is 19.1 Å². The molecule has 2 saturated heterocycles. The van der Waals surface area contributed by atoms with Crippen molar-refractivity contribution in [3.63, 3.8) is 0 Å². The largest absolute Gasteiger partial charge is 0.463 e. The number of carbonyl (C=O) groups excluding carboxylic acids is 3. The average molecular weight is 417 g/mol. The molecule has 156 valence electrons. The Bertz CT molecular complexity index is 772. The van der Waals surface area contributed by atoms with Crippen molar-refractivity contribution in [2.45, 2.75) is 39.2 Å². The Morgan fingerprint density at radius 2 is 1.93 bits per heavy atom. The van der Waals surface area contributed by atoms with Crippen LogP contribution in [0.5, 0.6) is 0 Å². The van der Waals surface area contributed by atoms with Crippen LogP contribution in [-0.2, 0) is 25.5 Å². The number of piperidine rings is 1. The molecule has 2 fully saturated rings. The lowest BCUT2D eigenvalue weighted by molar-refractivity contribution is -0.142. The minimum atomic E-state index is -0.621. The molecule has 0 radical (unpaired) electrons. The van der Waals surface area contributed by atoms with Gasteiger partial charge in [-0.05, 0) is 44.6 Å². The van der Waals surface area contributed by atoms with Gasteiger partial charge in [-0.3, -0.25) is 14.5 Å². The maximum absolute atomic E-state index is 13.0. The molecule has 0 N–H and O–H groups in total. The molecule has 2 heterocycles. The lowest BCUT2D eigenvalue weighted by Crippen LogP contribution is -2.49. The van der Waals surface area contributed by atoms with E-state index in [9.17, 15) is 14.4 Å². The van der Waals surface area contributed by atoms with Gasteiger partial charge >= 0.3 is 5.97 Å². The summed E-state index contributed by atoms with van der Waals surface area (Å²) in [6, 6.07) is 9.81. The minimum absolute atomic E-state index is 0.0613. The lowest BCUT2D eigenvalue weighted by atomic mass is 9.90. The van der Waals surface area contributed by atoms with Gasteiger partial charge in [0.05, 0.1) is 23.5 Å². The summed E-state index contributed by atoms with van der Waals surface area (Å²) in [6.45, 7) is 5.14. The molecule has 2 amide bonds. The van der Waals surface area contributed by atoms with Crippen LogP contribution in [0.3, 0.4) is 0 Å². The van der Waals surface area contributed by atoms with Gasteiger partial charge in [-0.15, -0.1) is 0 Å². The monoisotopic (exact) mass is 416 g/mol. The molecule has 0 saturated carbocycles. The smallest absolute Gasteiger partial charge is 0.333 e. The molecule has 0 bridgehead atoms. The summed E-state index contributed by atoms with van der Waals surface area (Å²) in [5.74, 6) is 0.109. The normalized spacial score (nSPS) is 20.2. The molecule has 1 atom stereocenters. The molecule has 7 heteroatoms. The zero-order chi connectivity index (χ0) is 20.8. The molecule has 1 unspecified atom stereocenters. The molecule has 0 aromatic heterocycles. The van der Waals surface area contributed by atoms with Gasteiger partial charge in [-0.2, -0.15) is 0 Å². The summed E-state index contributed by atoms with van der Waals surface area (Å²) >= 11 is 1.27. The van der Waals surface area contributed by atoms with Crippen LogP contribution in [0.25, 0.3) is 0 Å². The SMILES string of the molecule is CCOC(=O)/C=C1\SCC(=O)N1C(C)C(=O)N1CCC(Cc2ccccc2)CC1. The van der Waals surface area contributed by atoms with E-state index in [-0.39, 0.29) is 24.2 Å². The molecule has 29 heavy (non-hydrogen) atoms. The number of hydrogen-bond acceptors (Lipinski definition) is 5. The van der Waals surface area contributed by atoms with Crippen LogP contribution in [0.2, 0.25) is 0 Å². The summed E-state index contributed by atoms with van der Waals surface area (Å²) in [7, 11) is 0. The number of thioether (sulfide) groups is 1. The number of amides is 2. The average Bonchev–Trinajstić information content (AvgIpc) is 3.08. The number of benzene rings is 1. The Kier molecular flexibility index (Phi) is 7.36. The van der Waals surface area contributed by atoms with Crippen LogP contribution < -0.4 is 0 Å². The molecule has 0 spiro atoms. The van der Waals surface area contributed by atoms with Crippen LogP contribution in [-0.4, -0.2) is 59.1 Å². The van der Waals surface area contributed by atoms with Gasteiger partial charge in [0, 0.05) is 13.1 Å². The van der Waals surface area contributed by atoms with Crippen LogP contribution in [0.1, 0.15) is 32.3 Å². The maximum Gasteiger partial charge on any atom is 0.333 e. The number of rotatable bonds is 6. The van der Waals surface area contributed by atoms with E-state index in [1.54, 1.807) is 13.8 Å². The number of nitrogens with zero attached hydrogens (tertiary/aromatic N) is 2. The second-order valence-electron chi connectivity index (χ2n) is 7.42. The summed E-state index contributed by atoms with van der Waals surface area (Å²) in [5.41, 5.74) is 1.33. The van der Waals surface area contributed by atoms with Gasteiger partial charge in [-0.25, -0.2) is 4.79 Å². The summed E-state index contributed by atoms with van der Waals surface area (Å²) in [5, 5.41) is 0.494. The zero-order valence-electron chi connectivity index (χ0n) is 17.0. The molecule has 2 aliphatic rings. The Morgan fingerprint density at radius 1 is 1.24 bits per heavy atom. The van der Waals surface area contributed by atoms with Crippen LogP contribution in [0.4, 0.5) is 0 Å². The van der Waals surface area contributed by atoms with E-state index in [4.69, 9.17) is 4.74 Å². The predicted octanol–water partition coefficient (Wildman–Crippen LogP) is 2.84. The van der Waals surface area contributed by atoms with E-state index in [0.717, 1.165) is 19.3 Å². The van der Waals surface area contributed by atoms with E-state index < -0.39 is 12.0 Å². The molecular weight excluding hydrogens is 388 g/mol. The molecule has 2 aliphatic heterocycles. The highest BCUT2D eigenvalue weighted by Gasteiger charge is 2.37. The third-order valence-corrected chi connectivity index (χ3v) is 6.42. The number of ether oxygens (including phenoxy) is 1. The van der Waals surface area contributed by atoms with E-state index in [1.807, 2.05) is 11.0 Å². The molecule has 0 aliphatic carbocycles. The first-order valence-electron chi connectivity index (χ1n) is 10.2. The summed E-state index contributed by atoms with van der Waals surface area (Å²) in [6.07, 6.45) is 4.27. The van der Waals surface area contributed by atoms with Gasteiger partial charge < -0.3 is 9.64 Å². The number of hydrogen-bond donors (Lipinski definition) is 0. The van der Waals surface area contributed by atoms with E-state index in [0.29, 0.717) is 24.0 Å². The fourth-order valence-electron chi connectivity index (χ4n) is 3.88. The van der Waals surface area contributed by atoms with Crippen molar-refractivity contribution in [2.75, 3.05) is 25.4 Å². The van der Waals surface area contributed by atoms with Gasteiger partial charge in [-0.1, -0.05) is 42.1 Å². The topological polar surface area (TPSA) is 66.9 Å². The molecule has 6 nitrogen and oxygen atoms in total. The van der Waals surface area contributed by atoms with E-state index >= 15 is 0 Å². The molecule has 3 rings (SSSR count). The molecular formula is C22H28N2O4S. The number of carbonyl (C=O) groups is 3. The van der Waals surface area contributed by atoms with Crippen LogP contribution in [0.15, 0.2) is 41.4 Å². The van der Waals surface area contributed by atoms with Gasteiger partial charge in [0.2, 0.25) is 11.8 Å². The van der Waals surface area contributed by atoms with E-state index in [1.165, 1.54) is 28.3 Å². The van der Waals surface area contributed by atoms with Gasteiger partial charge in [0.1, 0.15) is 6.04 Å². The van der Waals surface area contributed by atoms with Crippen molar-refractivity contribution in [3.8, 4) is 0 Å². The first-order chi connectivity index (χ1) is 14.0. The first kappa shape index (κ1) is 21.4. The van der Waals surface area contributed by atoms with E-state index in [2.05, 4.69) is 24.3 Å². The number of esters is 1. The summed E-state index contributed by atoms with van der Waals surface area (Å²) < 4.78 is 4.94. The Hall–Kier alpha value is -2.28. The summed E-state index contributed by atoms with van der Waals surface area (Å²) in [4.78, 5) is 40.5.